The monoisotopic (exact) mass is 279 g/mol. The molecule has 2 rings (SSSR count). The third kappa shape index (κ3) is 3.09. The fourth-order valence-corrected chi connectivity index (χ4v) is 1.53. The summed E-state index contributed by atoms with van der Waals surface area (Å²) in [5.41, 5.74) is -0.134. The van der Waals surface area contributed by atoms with Crippen molar-refractivity contribution in [3.8, 4) is 11.8 Å². The van der Waals surface area contributed by atoms with Crippen molar-refractivity contribution in [2.75, 3.05) is 11.9 Å². The normalized spacial score (nSPS) is 9.80. The van der Waals surface area contributed by atoms with Crippen LogP contribution in [-0.4, -0.2) is 6.54 Å². The minimum absolute atomic E-state index is 0.147. The molecule has 0 unspecified atom stereocenters. The predicted molar refractivity (Wildman–Crippen MR) is 68.1 cm³/mol. The molecule has 20 heavy (non-hydrogen) atoms. The molecule has 5 heteroatoms. The molecular weight excluding hydrogens is 270 g/mol. The first-order chi connectivity index (χ1) is 9.59. The standard InChI is InChI=1S/C15H9F4N/c16-11-9-12(17)14(19)15(13(11)18)20-8-4-7-10-5-2-1-3-6-10/h1-3,5-6,9,20H,8H2. The van der Waals surface area contributed by atoms with E-state index in [1.165, 1.54) is 0 Å². The van der Waals surface area contributed by atoms with Gasteiger partial charge in [0, 0.05) is 11.6 Å². The molecule has 0 aliphatic heterocycles. The fourth-order valence-electron chi connectivity index (χ4n) is 1.53. The first kappa shape index (κ1) is 13.9. The summed E-state index contributed by atoms with van der Waals surface area (Å²) < 4.78 is 52.5. The van der Waals surface area contributed by atoms with Crippen molar-refractivity contribution in [1.82, 2.24) is 0 Å². The minimum Gasteiger partial charge on any atom is -0.369 e. The molecule has 2 aromatic rings. The Hall–Kier alpha value is -2.48. The van der Waals surface area contributed by atoms with E-state index in [-0.39, 0.29) is 12.6 Å². The second kappa shape index (κ2) is 6.11. The Kier molecular flexibility index (Phi) is 4.26. The van der Waals surface area contributed by atoms with Gasteiger partial charge in [0.15, 0.2) is 23.3 Å². The third-order valence-electron chi connectivity index (χ3n) is 2.47. The van der Waals surface area contributed by atoms with Crippen LogP contribution in [0.1, 0.15) is 5.56 Å². The Bertz CT molecular complexity index is 646. The van der Waals surface area contributed by atoms with Crippen LogP contribution >= 0.6 is 0 Å². The lowest BCUT2D eigenvalue weighted by atomic mass is 10.2. The zero-order valence-corrected chi connectivity index (χ0v) is 10.2. The lowest BCUT2D eigenvalue weighted by Gasteiger charge is -2.07. The summed E-state index contributed by atoms with van der Waals surface area (Å²) in [7, 11) is 0. The third-order valence-corrected chi connectivity index (χ3v) is 2.47. The van der Waals surface area contributed by atoms with Gasteiger partial charge in [0.05, 0.1) is 6.54 Å². The molecular formula is C15H9F4N. The van der Waals surface area contributed by atoms with Gasteiger partial charge in [-0.1, -0.05) is 30.0 Å². The second-order valence-corrected chi connectivity index (χ2v) is 3.86. The highest BCUT2D eigenvalue weighted by molar-refractivity contribution is 5.48. The fraction of sp³-hybridized carbons (Fsp3) is 0.0667. The summed E-state index contributed by atoms with van der Waals surface area (Å²) in [6.45, 7) is -0.147. The minimum atomic E-state index is -1.47. The van der Waals surface area contributed by atoms with Crippen LogP contribution in [0.3, 0.4) is 0 Å². The number of benzene rings is 2. The maximum absolute atomic E-state index is 13.3. The average molecular weight is 279 g/mol. The Balaban J connectivity index is 2.11. The maximum Gasteiger partial charge on any atom is 0.185 e. The van der Waals surface area contributed by atoms with Gasteiger partial charge in [-0.25, -0.2) is 17.6 Å². The first-order valence-corrected chi connectivity index (χ1v) is 5.70. The van der Waals surface area contributed by atoms with Gasteiger partial charge in [-0.15, -0.1) is 0 Å². The van der Waals surface area contributed by atoms with E-state index >= 15 is 0 Å². The highest BCUT2D eigenvalue weighted by Gasteiger charge is 2.18. The van der Waals surface area contributed by atoms with Crippen LogP contribution in [0.2, 0.25) is 0 Å². The SMILES string of the molecule is Fc1cc(F)c(F)c(NCC#Cc2ccccc2)c1F. The van der Waals surface area contributed by atoms with Crippen LogP contribution < -0.4 is 5.32 Å². The van der Waals surface area contributed by atoms with Gasteiger partial charge in [0.25, 0.3) is 0 Å². The van der Waals surface area contributed by atoms with E-state index in [1.54, 1.807) is 24.3 Å². The van der Waals surface area contributed by atoms with E-state index < -0.39 is 29.0 Å². The molecule has 0 amide bonds. The molecule has 102 valence electrons. The van der Waals surface area contributed by atoms with E-state index in [9.17, 15) is 17.6 Å². The molecule has 0 radical (unpaired) electrons. The van der Waals surface area contributed by atoms with E-state index in [4.69, 9.17) is 0 Å². The smallest absolute Gasteiger partial charge is 0.185 e. The molecule has 0 fully saturated rings. The van der Waals surface area contributed by atoms with Gasteiger partial charge in [0.1, 0.15) is 5.69 Å². The van der Waals surface area contributed by atoms with Crippen molar-refractivity contribution in [2.45, 2.75) is 0 Å². The van der Waals surface area contributed by atoms with E-state index in [0.717, 1.165) is 5.56 Å². The van der Waals surface area contributed by atoms with Crippen LogP contribution in [0.4, 0.5) is 23.2 Å². The summed E-state index contributed by atoms with van der Waals surface area (Å²) >= 11 is 0. The predicted octanol–water partition coefficient (Wildman–Crippen LogP) is 3.71. The van der Waals surface area contributed by atoms with Crippen molar-refractivity contribution in [3.63, 3.8) is 0 Å². The average Bonchev–Trinajstić information content (AvgIpc) is 2.45. The first-order valence-electron chi connectivity index (χ1n) is 5.70. The largest absolute Gasteiger partial charge is 0.369 e. The summed E-state index contributed by atoms with van der Waals surface area (Å²) in [4.78, 5) is 0. The Morgan fingerprint density at radius 3 is 2.10 bits per heavy atom. The van der Waals surface area contributed by atoms with Crippen LogP contribution in [-0.2, 0) is 0 Å². The van der Waals surface area contributed by atoms with Crippen LogP contribution in [0.25, 0.3) is 0 Å². The highest BCUT2D eigenvalue weighted by atomic mass is 19.2. The number of hydrogen-bond donors (Lipinski definition) is 1. The molecule has 1 N–H and O–H groups in total. The number of hydrogen-bond acceptors (Lipinski definition) is 1. The van der Waals surface area contributed by atoms with Gasteiger partial charge >= 0.3 is 0 Å². The quantitative estimate of drug-likeness (QED) is 0.502. The van der Waals surface area contributed by atoms with Gasteiger partial charge in [-0.05, 0) is 12.1 Å². The topological polar surface area (TPSA) is 12.0 Å². The molecule has 0 aromatic heterocycles. The lowest BCUT2D eigenvalue weighted by Crippen LogP contribution is -2.07. The zero-order valence-electron chi connectivity index (χ0n) is 10.2. The molecule has 0 heterocycles. The van der Waals surface area contributed by atoms with Gasteiger partial charge in [-0.2, -0.15) is 0 Å². The zero-order chi connectivity index (χ0) is 14.5. The number of halogens is 4. The number of nitrogens with one attached hydrogen (secondary N) is 1. The van der Waals surface area contributed by atoms with Crippen molar-refractivity contribution in [1.29, 1.82) is 0 Å². The van der Waals surface area contributed by atoms with E-state index in [2.05, 4.69) is 17.2 Å². The summed E-state index contributed by atoms with van der Waals surface area (Å²) in [5.74, 6) is -0.504. The summed E-state index contributed by atoms with van der Waals surface area (Å²) in [5, 5.41) is 2.23. The molecule has 0 saturated carbocycles. The summed E-state index contributed by atoms with van der Waals surface area (Å²) in [6, 6.07) is 9.08. The number of anilines is 1. The van der Waals surface area contributed by atoms with Crippen LogP contribution in [0, 0.1) is 35.1 Å². The van der Waals surface area contributed by atoms with E-state index in [0.29, 0.717) is 0 Å². The maximum atomic E-state index is 13.3. The Labute approximate surface area is 113 Å². The van der Waals surface area contributed by atoms with Crippen LogP contribution in [0.15, 0.2) is 36.4 Å². The molecule has 2 aromatic carbocycles. The van der Waals surface area contributed by atoms with Gasteiger partial charge in [0.2, 0.25) is 0 Å². The second-order valence-electron chi connectivity index (χ2n) is 3.86. The number of rotatable bonds is 2. The summed E-state index contributed by atoms with van der Waals surface area (Å²) in [6.07, 6.45) is 0. The van der Waals surface area contributed by atoms with Crippen LogP contribution in [0.5, 0.6) is 0 Å². The van der Waals surface area contributed by atoms with Crippen molar-refractivity contribution in [2.24, 2.45) is 0 Å². The molecule has 0 atom stereocenters. The Morgan fingerprint density at radius 2 is 1.50 bits per heavy atom. The van der Waals surface area contributed by atoms with Crippen molar-refractivity contribution in [3.05, 3.63) is 65.2 Å². The lowest BCUT2D eigenvalue weighted by molar-refractivity contribution is 0.458. The van der Waals surface area contributed by atoms with E-state index in [1.807, 2.05) is 6.07 Å². The van der Waals surface area contributed by atoms with Gasteiger partial charge in [-0.3, -0.25) is 0 Å². The van der Waals surface area contributed by atoms with Crippen molar-refractivity contribution >= 4 is 5.69 Å². The molecule has 0 aliphatic rings. The molecule has 1 nitrogen and oxygen atoms in total. The van der Waals surface area contributed by atoms with Gasteiger partial charge < -0.3 is 5.32 Å². The van der Waals surface area contributed by atoms with Crippen molar-refractivity contribution < 1.29 is 17.6 Å². The molecule has 0 aliphatic carbocycles. The highest BCUT2D eigenvalue weighted by Crippen LogP contribution is 2.23. The molecule has 0 bridgehead atoms. The molecule has 0 spiro atoms. The Morgan fingerprint density at radius 1 is 0.900 bits per heavy atom. The molecule has 0 saturated heterocycles.